The molecule has 0 aromatic rings. The van der Waals surface area contributed by atoms with Crippen LogP contribution in [-0.2, 0) is 59.0 Å². The maximum absolute atomic E-state index is 12.7. The van der Waals surface area contributed by atoms with Gasteiger partial charge in [0.25, 0.3) is 0 Å². The molecule has 0 radical (unpaired) electrons. The van der Waals surface area contributed by atoms with Gasteiger partial charge in [0.1, 0.15) is 5.25 Å². The van der Waals surface area contributed by atoms with E-state index in [1.807, 2.05) is 0 Å². The average molecular weight is 474 g/mol. The SMILES string of the molecule is CCOC(=O)CC(OC(=O)C(CC(=O)OCC)SP(=S)(OC)OC)C(=O)OCC. The van der Waals surface area contributed by atoms with Gasteiger partial charge in [0.15, 0.2) is 0 Å². The minimum Gasteiger partial charge on any atom is -0.466 e. The first-order valence-corrected chi connectivity index (χ1v) is 12.9. The summed E-state index contributed by atoms with van der Waals surface area (Å²) in [5.41, 5.74) is -2.95. The number of carbonyl (C=O) groups is 4. The second kappa shape index (κ2) is 14.7. The van der Waals surface area contributed by atoms with Crippen molar-refractivity contribution < 1.29 is 47.2 Å². The zero-order valence-electron chi connectivity index (χ0n) is 17.0. The van der Waals surface area contributed by atoms with Crippen LogP contribution in [0.1, 0.15) is 33.6 Å². The number of ether oxygens (including phenoxy) is 4. The molecule has 168 valence electrons. The summed E-state index contributed by atoms with van der Waals surface area (Å²) in [6.45, 7) is 5.00. The summed E-state index contributed by atoms with van der Waals surface area (Å²) in [6.07, 6.45) is -2.45. The first-order valence-electron chi connectivity index (χ1n) is 8.74. The molecule has 0 bridgehead atoms. The third-order valence-electron chi connectivity index (χ3n) is 3.09. The summed E-state index contributed by atoms with van der Waals surface area (Å²) in [6, 6.07) is 0. The second-order valence-corrected chi connectivity index (χ2v) is 11.7. The van der Waals surface area contributed by atoms with Crippen molar-refractivity contribution >= 4 is 52.8 Å². The lowest BCUT2D eigenvalue weighted by Gasteiger charge is -2.23. The molecule has 0 fully saturated rings. The molecule has 0 aromatic heterocycles. The molecule has 10 nitrogen and oxygen atoms in total. The molecule has 0 spiro atoms. The van der Waals surface area contributed by atoms with Crippen LogP contribution in [-0.4, -0.2) is 69.3 Å². The van der Waals surface area contributed by atoms with E-state index in [1.165, 1.54) is 14.2 Å². The number of hydrogen-bond donors (Lipinski definition) is 0. The van der Waals surface area contributed by atoms with E-state index in [0.29, 0.717) is 0 Å². The first-order chi connectivity index (χ1) is 13.7. The van der Waals surface area contributed by atoms with Crippen molar-refractivity contribution in [3.8, 4) is 0 Å². The van der Waals surface area contributed by atoms with Crippen LogP contribution in [0.15, 0.2) is 0 Å². The summed E-state index contributed by atoms with van der Waals surface area (Å²) < 4.78 is 29.9. The molecule has 0 aliphatic heterocycles. The summed E-state index contributed by atoms with van der Waals surface area (Å²) >= 11 is 6.02. The number of rotatable bonds is 14. The van der Waals surface area contributed by atoms with Gasteiger partial charge >= 0.3 is 23.9 Å². The highest BCUT2D eigenvalue weighted by molar-refractivity contribution is 8.68. The van der Waals surface area contributed by atoms with Crippen LogP contribution in [0.25, 0.3) is 0 Å². The normalized spacial score (nSPS) is 13.1. The van der Waals surface area contributed by atoms with Gasteiger partial charge in [0.2, 0.25) is 11.8 Å². The van der Waals surface area contributed by atoms with Gasteiger partial charge in [-0.2, -0.15) is 0 Å². The maximum Gasteiger partial charge on any atom is 0.348 e. The molecule has 2 atom stereocenters. The fraction of sp³-hybridized carbons (Fsp3) is 0.750. The van der Waals surface area contributed by atoms with Crippen LogP contribution in [0.4, 0.5) is 0 Å². The summed E-state index contributed by atoms with van der Waals surface area (Å²) in [7, 11) is 2.62. The van der Waals surface area contributed by atoms with Crippen LogP contribution in [0.3, 0.4) is 0 Å². The number of esters is 4. The molecule has 0 amide bonds. The molecule has 13 heteroatoms. The van der Waals surface area contributed by atoms with Gasteiger partial charge in [-0.3, -0.25) is 14.4 Å². The van der Waals surface area contributed by atoms with Crippen molar-refractivity contribution in [1.29, 1.82) is 0 Å². The second-order valence-electron chi connectivity index (χ2n) is 5.10. The molecule has 0 rings (SSSR count). The lowest BCUT2D eigenvalue weighted by Crippen LogP contribution is -2.36. The van der Waals surface area contributed by atoms with E-state index in [2.05, 4.69) is 0 Å². The van der Waals surface area contributed by atoms with Crippen LogP contribution in [0.2, 0.25) is 0 Å². The summed E-state index contributed by atoms with van der Waals surface area (Å²) in [5.74, 6) is -3.29. The third-order valence-corrected chi connectivity index (χ3v) is 8.96. The maximum atomic E-state index is 12.7. The fourth-order valence-electron chi connectivity index (χ4n) is 1.85. The average Bonchev–Trinajstić information content (AvgIpc) is 2.67. The molecule has 0 aliphatic rings. The largest absolute Gasteiger partial charge is 0.466 e. The van der Waals surface area contributed by atoms with Gasteiger partial charge in [0.05, 0.1) is 32.7 Å². The molecule has 0 saturated heterocycles. The highest BCUT2D eigenvalue weighted by atomic mass is 32.9. The van der Waals surface area contributed by atoms with E-state index >= 15 is 0 Å². The van der Waals surface area contributed by atoms with Gasteiger partial charge in [-0.15, -0.1) is 0 Å². The van der Waals surface area contributed by atoms with Crippen molar-refractivity contribution in [3.63, 3.8) is 0 Å². The molecule has 0 N–H and O–H groups in total. The van der Waals surface area contributed by atoms with Crippen molar-refractivity contribution in [3.05, 3.63) is 0 Å². The zero-order chi connectivity index (χ0) is 22.4. The minimum atomic E-state index is -2.95. The zero-order valence-corrected chi connectivity index (χ0v) is 19.6. The molecular weight excluding hydrogens is 447 g/mol. The molecule has 2 unspecified atom stereocenters. The monoisotopic (exact) mass is 474 g/mol. The Balaban J connectivity index is 5.50. The van der Waals surface area contributed by atoms with Gasteiger partial charge in [-0.25, -0.2) is 4.79 Å². The van der Waals surface area contributed by atoms with E-state index in [4.69, 9.17) is 39.8 Å². The van der Waals surface area contributed by atoms with Crippen molar-refractivity contribution in [2.45, 2.75) is 45.0 Å². The smallest absolute Gasteiger partial charge is 0.348 e. The van der Waals surface area contributed by atoms with Crippen LogP contribution < -0.4 is 0 Å². The predicted octanol–water partition coefficient (Wildman–Crippen LogP) is 1.99. The molecule has 0 heterocycles. The molecular formula is C16H27O10PS2. The highest BCUT2D eigenvalue weighted by Crippen LogP contribution is 2.62. The van der Waals surface area contributed by atoms with Gasteiger partial charge in [-0.1, -0.05) is 11.4 Å². The van der Waals surface area contributed by atoms with E-state index < -0.39 is 53.8 Å². The van der Waals surface area contributed by atoms with Gasteiger partial charge in [-0.05, 0) is 32.6 Å². The lowest BCUT2D eigenvalue weighted by molar-refractivity contribution is -0.171. The van der Waals surface area contributed by atoms with E-state index in [-0.39, 0.29) is 19.8 Å². The lowest BCUT2D eigenvalue weighted by atomic mass is 10.2. The van der Waals surface area contributed by atoms with Crippen LogP contribution in [0.5, 0.6) is 0 Å². The number of hydrogen-bond acceptors (Lipinski definition) is 12. The van der Waals surface area contributed by atoms with Gasteiger partial charge < -0.3 is 28.0 Å². The minimum absolute atomic E-state index is 0.0187. The molecule has 29 heavy (non-hydrogen) atoms. The Hall–Kier alpha value is -1.20. The van der Waals surface area contributed by atoms with Crippen molar-refractivity contribution in [1.82, 2.24) is 0 Å². The van der Waals surface area contributed by atoms with Crippen LogP contribution >= 0.6 is 17.1 Å². The van der Waals surface area contributed by atoms with Crippen LogP contribution in [0, 0.1) is 0 Å². The predicted molar refractivity (Wildman–Crippen MR) is 109 cm³/mol. The highest BCUT2D eigenvalue weighted by Gasteiger charge is 2.36. The molecule has 0 saturated carbocycles. The Bertz CT molecular complexity index is 605. The Morgan fingerprint density at radius 3 is 1.76 bits per heavy atom. The summed E-state index contributed by atoms with van der Waals surface area (Å²) in [5, 5.41) is -1.18. The Labute approximate surface area is 179 Å². The summed E-state index contributed by atoms with van der Waals surface area (Å²) in [4.78, 5) is 48.4. The first kappa shape index (κ1) is 27.8. The quantitative estimate of drug-likeness (QED) is 0.208. The van der Waals surface area contributed by atoms with Crippen molar-refractivity contribution in [2.75, 3.05) is 34.0 Å². The van der Waals surface area contributed by atoms with E-state index in [1.54, 1.807) is 20.8 Å². The topological polar surface area (TPSA) is 124 Å². The molecule has 0 aromatic carbocycles. The Kier molecular flexibility index (Phi) is 14.1. The Morgan fingerprint density at radius 1 is 0.828 bits per heavy atom. The number of carbonyl (C=O) groups excluding carboxylic acids is 4. The van der Waals surface area contributed by atoms with E-state index in [9.17, 15) is 19.2 Å². The molecule has 0 aliphatic carbocycles. The van der Waals surface area contributed by atoms with Crippen molar-refractivity contribution in [2.24, 2.45) is 0 Å². The fourth-order valence-corrected chi connectivity index (χ4v) is 5.70. The standard InChI is InChI=1S/C16H27O10PS2/c1-6-23-13(17)9-11(15(19)25-8-3)26-16(20)12(10-14(18)24-7-2)29-27(28,21-4)22-5/h11-12H,6-10H2,1-5H3. The van der Waals surface area contributed by atoms with Gasteiger partial charge in [0, 0.05) is 14.2 Å². The Morgan fingerprint density at radius 2 is 1.31 bits per heavy atom. The van der Waals surface area contributed by atoms with E-state index in [0.717, 1.165) is 11.4 Å². The third kappa shape index (κ3) is 10.9.